The molecule has 1 aliphatic heterocycles. The quantitative estimate of drug-likeness (QED) is 0.202. The van der Waals surface area contributed by atoms with Crippen LogP contribution in [0.25, 0.3) is 0 Å². The fourth-order valence-electron chi connectivity index (χ4n) is 4.64. The second kappa shape index (κ2) is 15.7. The number of aryl methyl sites for hydroxylation is 1. The zero-order valence-corrected chi connectivity index (χ0v) is 26.6. The highest BCUT2D eigenvalue weighted by atomic mass is 16.7. The first-order valence-corrected chi connectivity index (χ1v) is 14.9. The molecule has 0 spiro atoms. The second-order valence-corrected chi connectivity index (χ2v) is 11.1. The van der Waals surface area contributed by atoms with Crippen LogP contribution in [0.5, 0.6) is 17.2 Å². The number of nitrogens with zero attached hydrogens (tertiary/aromatic N) is 1. The van der Waals surface area contributed by atoms with Gasteiger partial charge < -0.3 is 33.7 Å². The largest absolute Gasteiger partial charge is 0.519 e. The molecule has 248 valence electrons. The van der Waals surface area contributed by atoms with E-state index in [1.807, 2.05) is 13.0 Å². The van der Waals surface area contributed by atoms with E-state index in [9.17, 15) is 24.0 Å². The van der Waals surface area contributed by atoms with E-state index < -0.39 is 72.4 Å². The molecule has 0 saturated carbocycles. The SMILES string of the molecule is COc1ccnc(C(=O)N[C@H]2COC(=O)C(Cc3ccccc3)C(OC(=O)C(C)C)[C@H](C)OC2=O)c1OC(=O)Oc1ccc(C)cc1. The van der Waals surface area contributed by atoms with Crippen LogP contribution < -0.4 is 19.5 Å². The summed E-state index contributed by atoms with van der Waals surface area (Å²) < 4.78 is 32.6. The number of amides is 1. The van der Waals surface area contributed by atoms with Crippen LogP contribution in [-0.4, -0.2) is 66.9 Å². The van der Waals surface area contributed by atoms with Crippen molar-refractivity contribution >= 4 is 30.0 Å². The molecule has 13 heteroatoms. The van der Waals surface area contributed by atoms with Gasteiger partial charge in [0.15, 0.2) is 23.6 Å². The van der Waals surface area contributed by atoms with Gasteiger partial charge in [-0.2, -0.15) is 0 Å². The Kier molecular flexibility index (Phi) is 11.5. The first kappa shape index (κ1) is 34.4. The van der Waals surface area contributed by atoms with Crippen LogP contribution in [0.1, 0.15) is 42.4 Å². The molecule has 1 fully saturated rings. The van der Waals surface area contributed by atoms with Gasteiger partial charge >= 0.3 is 24.1 Å². The number of benzene rings is 2. The third-order valence-corrected chi connectivity index (χ3v) is 7.18. The fourth-order valence-corrected chi connectivity index (χ4v) is 4.64. The molecule has 1 N–H and O–H groups in total. The van der Waals surface area contributed by atoms with E-state index in [0.717, 1.165) is 11.1 Å². The van der Waals surface area contributed by atoms with Crippen LogP contribution >= 0.6 is 0 Å². The van der Waals surface area contributed by atoms with Gasteiger partial charge in [0.2, 0.25) is 5.75 Å². The minimum Gasteiger partial charge on any atom is -0.493 e. The predicted molar refractivity (Wildman–Crippen MR) is 165 cm³/mol. The Morgan fingerprint density at radius 2 is 1.68 bits per heavy atom. The molecule has 4 rings (SSSR count). The number of ether oxygens (including phenoxy) is 6. The Bertz CT molecular complexity index is 1590. The molecular formula is C34H36N2O11. The van der Waals surface area contributed by atoms with Crippen molar-refractivity contribution in [2.75, 3.05) is 13.7 Å². The molecule has 2 unspecified atom stereocenters. The number of aromatic nitrogens is 1. The number of methoxy groups -OCH3 is 1. The number of nitrogens with one attached hydrogen (secondary N) is 1. The Morgan fingerprint density at radius 3 is 2.34 bits per heavy atom. The zero-order valence-electron chi connectivity index (χ0n) is 26.6. The Balaban J connectivity index is 1.56. The summed E-state index contributed by atoms with van der Waals surface area (Å²) in [5.74, 6) is -5.06. The zero-order chi connectivity index (χ0) is 34.1. The summed E-state index contributed by atoms with van der Waals surface area (Å²) in [4.78, 5) is 69.6. The van der Waals surface area contributed by atoms with Crippen molar-refractivity contribution in [2.45, 2.75) is 52.4 Å². The minimum absolute atomic E-state index is 0.0262. The maximum absolute atomic E-state index is 13.5. The summed E-state index contributed by atoms with van der Waals surface area (Å²) in [6, 6.07) is 15.5. The molecule has 3 aromatic rings. The van der Waals surface area contributed by atoms with Crippen molar-refractivity contribution in [1.29, 1.82) is 0 Å². The standard InChI is InChI=1S/C34H36N2O11/c1-19(2)31(38)46-28-21(4)44-33(40)25(18-43-32(39)24(28)17-22-9-7-6-8-10-22)36-30(37)27-29(26(42-5)15-16-35-27)47-34(41)45-23-13-11-20(3)12-14-23/h6-16,19,21,24-25,28H,17-18H2,1-5H3,(H,36,37)/t21-,24?,25-,28?/m0/s1. The van der Waals surface area contributed by atoms with E-state index in [1.165, 1.54) is 26.3 Å². The van der Waals surface area contributed by atoms with E-state index in [-0.39, 0.29) is 23.7 Å². The Morgan fingerprint density at radius 1 is 0.979 bits per heavy atom. The number of pyridine rings is 1. The smallest absolute Gasteiger partial charge is 0.493 e. The highest BCUT2D eigenvalue weighted by Gasteiger charge is 2.42. The number of cyclic esters (lactones) is 2. The topological polar surface area (TPSA) is 166 Å². The molecular weight excluding hydrogens is 612 g/mol. The molecule has 2 heterocycles. The van der Waals surface area contributed by atoms with E-state index in [0.29, 0.717) is 0 Å². The molecule has 1 amide bonds. The third-order valence-electron chi connectivity index (χ3n) is 7.18. The Labute approximate surface area is 271 Å². The van der Waals surface area contributed by atoms with Gasteiger partial charge in [-0.15, -0.1) is 0 Å². The van der Waals surface area contributed by atoms with Crippen molar-refractivity contribution in [3.8, 4) is 17.2 Å². The lowest BCUT2D eigenvalue weighted by Gasteiger charge is -2.29. The summed E-state index contributed by atoms with van der Waals surface area (Å²) in [7, 11) is 1.29. The summed E-state index contributed by atoms with van der Waals surface area (Å²) in [5.41, 5.74) is 1.28. The van der Waals surface area contributed by atoms with Crippen LogP contribution in [0.15, 0.2) is 66.9 Å². The van der Waals surface area contributed by atoms with Crippen LogP contribution in [0.3, 0.4) is 0 Å². The number of hydrogen-bond acceptors (Lipinski definition) is 12. The minimum atomic E-state index is -1.51. The number of carbonyl (C=O) groups is 5. The van der Waals surface area contributed by atoms with Crippen LogP contribution in [0.2, 0.25) is 0 Å². The van der Waals surface area contributed by atoms with Crippen LogP contribution in [0.4, 0.5) is 4.79 Å². The van der Waals surface area contributed by atoms with E-state index in [4.69, 9.17) is 28.4 Å². The summed E-state index contributed by atoms with van der Waals surface area (Å²) in [6.45, 7) is 6.02. The first-order valence-electron chi connectivity index (χ1n) is 14.9. The maximum atomic E-state index is 13.5. The fraction of sp³-hybridized carbons (Fsp3) is 0.353. The third kappa shape index (κ3) is 9.06. The molecule has 1 saturated heterocycles. The lowest BCUT2D eigenvalue weighted by atomic mass is 9.91. The van der Waals surface area contributed by atoms with Crippen molar-refractivity contribution in [2.24, 2.45) is 11.8 Å². The summed E-state index contributed by atoms with van der Waals surface area (Å²) >= 11 is 0. The number of carbonyl (C=O) groups excluding carboxylic acids is 5. The Hall–Kier alpha value is -5.46. The molecule has 4 atom stereocenters. The second-order valence-electron chi connectivity index (χ2n) is 11.1. The first-order chi connectivity index (χ1) is 22.5. The lowest BCUT2D eigenvalue weighted by molar-refractivity contribution is -0.176. The molecule has 0 aliphatic carbocycles. The van der Waals surface area contributed by atoms with Gasteiger partial charge in [0.25, 0.3) is 5.91 Å². The average Bonchev–Trinajstić information content (AvgIpc) is 3.08. The molecule has 2 aromatic carbocycles. The number of hydrogen-bond donors (Lipinski definition) is 1. The van der Waals surface area contributed by atoms with Crippen molar-refractivity contribution in [3.63, 3.8) is 0 Å². The number of rotatable bonds is 9. The van der Waals surface area contributed by atoms with Crippen molar-refractivity contribution in [3.05, 3.63) is 83.7 Å². The van der Waals surface area contributed by atoms with Gasteiger partial charge in [-0.05, 0) is 38.0 Å². The maximum Gasteiger partial charge on any atom is 0.519 e. The van der Waals surface area contributed by atoms with Gasteiger partial charge in [-0.3, -0.25) is 14.4 Å². The van der Waals surface area contributed by atoms with Crippen molar-refractivity contribution < 1.29 is 52.4 Å². The van der Waals surface area contributed by atoms with E-state index in [2.05, 4.69) is 10.3 Å². The normalized spacial score (nSPS) is 19.6. The monoisotopic (exact) mass is 648 g/mol. The number of esters is 3. The molecule has 0 radical (unpaired) electrons. The van der Waals surface area contributed by atoms with Crippen LogP contribution in [-0.2, 0) is 35.0 Å². The molecule has 47 heavy (non-hydrogen) atoms. The van der Waals surface area contributed by atoms with Crippen LogP contribution in [0, 0.1) is 18.8 Å². The predicted octanol–water partition coefficient (Wildman–Crippen LogP) is 3.99. The molecule has 1 aromatic heterocycles. The highest BCUT2D eigenvalue weighted by Crippen LogP contribution is 2.31. The van der Waals surface area contributed by atoms with E-state index >= 15 is 0 Å². The molecule has 1 aliphatic rings. The van der Waals surface area contributed by atoms with Gasteiger partial charge in [0.05, 0.1) is 13.0 Å². The summed E-state index contributed by atoms with van der Waals surface area (Å²) in [6.07, 6.45) is -2.10. The van der Waals surface area contributed by atoms with Gasteiger partial charge in [0.1, 0.15) is 24.4 Å². The van der Waals surface area contributed by atoms with Gasteiger partial charge in [0, 0.05) is 12.3 Å². The lowest BCUT2D eigenvalue weighted by Crippen LogP contribution is -2.47. The molecule has 0 bridgehead atoms. The van der Waals surface area contributed by atoms with Gasteiger partial charge in [-0.1, -0.05) is 61.9 Å². The highest BCUT2D eigenvalue weighted by molar-refractivity contribution is 5.98. The average molecular weight is 649 g/mol. The summed E-state index contributed by atoms with van der Waals surface area (Å²) in [5, 5.41) is 2.43. The van der Waals surface area contributed by atoms with E-state index in [1.54, 1.807) is 62.4 Å². The van der Waals surface area contributed by atoms with Crippen molar-refractivity contribution in [1.82, 2.24) is 10.3 Å². The van der Waals surface area contributed by atoms with Gasteiger partial charge in [-0.25, -0.2) is 14.6 Å². The molecule has 13 nitrogen and oxygen atoms in total.